The van der Waals surface area contributed by atoms with Crippen LogP contribution in [0.25, 0.3) is 0 Å². The SMILES string of the molecule is NCCOCCOCCN.O=C(O)CCCCCCCCC(=O)O. The molecule has 0 aromatic heterocycles. The van der Waals surface area contributed by atoms with E-state index in [9.17, 15) is 9.59 Å². The maximum Gasteiger partial charge on any atom is 0.303 e. The fourth-order valence-electron chi connectivity index (χ4n) is 1.75. The van der Waals surface area contributed by atoms with Crippen molar-refractivity contribution in [3.63, 3.8) is 0 Å². The Balaban J connectivity index is 0. The van der Waals surface area contributed by atoms with E-state index in [0.29, 0.717) is 39.5 Å². The molecule has 0 amide bonds. The molecule has 8 nitrogen and oxygen atoms in total. The van der Waals surface area contributed by atoms with Crippen molar-refractivity contribution < 1.29 is 29.3 Å². The second kappa shape index (κ2) is 21.8. The van der Waals surface area contributed by atoms with Crippen molar-refractivity contribution in [3.8, 4) is 0 Å². The van der Waals surface area contributed by atoms with Gasteiger partial charge < -0.3 is 31.2 Å². The third-order valence-electron chi connectivity index (χ3n) is 2.93. The van der Waals surface area contributed by atoms with Gasteiger partial charge >= 0.3 is 11.9 Å². The second-order valence-electron chi connectivity index (χ2n) is 5.21. The molecule has 0 spiro atoms. The lowest BCUT2D eigenvalue weighted by molar-refractivity contribution is -0.138. The van der Waals surface area contributed by atoms with E-state index in [1.165, 1.54) is 0 Å². The Labute approximate surface area is 144 Å². The topological polar surface area (TPSA) is 145 Å². The molecule has 0 radical (unpaired) electrons. The number of unbranched alkanes of at least 4 members (excludes halogenated alkanes) is 5. The predicted molar refractivity (Wildman–Crippen MR) is 92.0 cm³/mol. The van der Waals surface area contributed by atoms with Crippen molar-refractivity contribution in [3.05, 3.63) is 0 Å². The van der Waals surface area contributed by atoms with Crippen molar-refractivity contribution in [2.75, 3.05) is 39.5 Å². The van der Waals surface area contributed by atoms with Gasteiger partial charge in [0.1, 0.15) is 0 Å². The van der Waals surface area contributed by atoms with Gasteiger partial charge in [0.15, 0.2) is 0 Å². The van der Waals surface area contributed by atoms with Gasteiger partial charge in [0.2, 0.25) is 0 Å². The Kier molecular flexibility index (Phi) is 22.7. The summed E-state index contributed by atoms with van der Waals surface area (Å²) in [6, 6.07) is 0. The second-order valence-corrected chi connectivity index (χ2v) is 5.21. The van der Waals surface area contributed by atoms with E-state index < -0.39 is 11.9 Å². The summed E-state index contributed by atoms with van der Waals surface area (Å²) in [6.45, 7) is 3.56. The molecule has 0 saturated heterocycles. The van der Waals surface area contributed by atoms with Crippen LogP contribution >= 0.6 is 0 Å². The van der Waals surface area contributed by atoms with Crippen LogP contribution in [0.3, 0.4) is 0 Å². The third-order valence-corrected chi connectivity index (χ3v) is 2.93. The van der Waals surface area contributed by atoms with Crippen molar-refractivity contribution in [1.82, 2.24) is 0 Å². The number of carbonyl (C=O) groups is 2. The van der Waals surface area contributed by atoms with Gasteiger partial charge in [-0.2, -0.15) is 0 Å². The molecule has 0 aliphatic rings. The number of nitrogens with two attached hydrogens (primary N) is 2. The minimum absolute atomic E-state index is 0.245. The number of carboxylic acid groups (broad SMARTS) is 2. The van der Waals surface area contributed by atoms with E-state index in [-0.39, 0.29) is 12.8 Å². The summed E-state index contributed by atoms with van der Waals surface area (Å²) >= 11 is 0. The van der Waals surface area contributed by atoms with Gasteiger partial charge in [0.25, 0.3) is 0 Å². The molecule has 8 heteroatoms. The predicted octanol–water partition coefficient (Wildman–Crippen LogP) is 1.21. The van der Waals surface area contributed by atoms with Crippen LogP contribution in [0.2, 0.25) is 0 Å². The molecule has 0 fully saturated rings. The van der Waals surface area contributed by atoms with Crippen molar-refractivity contribution in [2.45, 2.75) is 51.4 Å². The summed E-state index contributed by atoms with van der Waals surface area (Å²) < 4.78 is 10.1. The van der Waals surface area contributed by atoms with Crippen LogP contribution in [-0.4, -0.2) is 61.7 Å². The van der Waals surface area contributed by atoms with E-state index in [1.807, 2.05) is 0 Å². The number of carboxylic acids is 2. The minimum atomic E-state index is -0.740. The molecular formula is C16H34N2O6. The van der Waals surface area contributed by atoms with E-state index >= 15 is 0 Å². The Morgan fingerprint density at radius 3 is 1.25 bits per heavy atom. The summed E-state index contributed by atoms with van der Waals surface area (Å²) in [5, 5.41) is 16.7. The fourth-order valence-corrected chi connectivity index (χ4v) is 1.75. The summed E-state index contributed by atoms with van der Waals surface area (Å²) in [5.74, 6) is -1.48. The monoisotopic (exact) mass is 350 g/mol. The summed E-state index contributed by atoms with van der Waals surface area (Å²) in [6.07, 6.45) is 5.82. The molecule has 0 rings (SSSR count). The normalized spacial score (nSPS) is 10.1. The van der Waals surface area contributed by atoms with E-state index in [0.717, 1.165) is 38.5 Å². The lowest BCUT2D eigenvalue weighted by Gasteiger charge is -2.02. The zero-order valence-corrected chi connectivity index (χ0v) is 14.6. The number of hydrogen-bond acceptors (Lipinski definition) is 6. The molecule has 0 aromatic rings. The quantitative estimate of drug-likeness (QED) is 0.304. The zero-order chi connectivity index (χ0) is 18.5. The maximum absolute atomic E-state index is 10.1. The number of hydrogen-bond donors (Lipinski definition) is 4. The first-order chi connectivity index (χ1) is 11.5. The smallest absolute Gasteiger partial charge is 0.303 e. The van der Waals surface area contributed by atoms with Crippen LogP contribution in [0.4, 0.5) is 0 Å². The largest absolute Gasteiger partial charge is 0.481 e. The zero-order valence-electron chi connectivity index (χ0n) is 14.6. The molecule has 24 heavy (non-hydrogen) atoms. The van der Waals surface area contributed by atoms with Crippen molar-refractivity contribution >= 4 is 11.9 Å². The van der Waals surface area contributed by atoms with E-state index in [1.54, 1.807) is 0 Å². The minimum Gasteiger partial charge on any atom is -0.481 e. The van der Waals surface area contributed by atoms with Gasteiger partial charge in [-0.15, -0.1) is 0 Å². The van der Waals surface area contributed by atoms with E-state index in [2.05, 4.69) is 0 Å². The molecule has 0 saturated carbocycles. The van der Waals surface area contributed by atoms with Crippen LogP contribution in [0.5, 0.6) is 0 Å². The van der Waals surface area contributed by atoms with Gasteiger partial charge in [-0.3, -0.25) is 9.59 Å². The van der Waals surface area contributed by atoms with Crippen LogP contribution in [0.15, 0.2) is 0 Å². The molecule has 0 bridgehead atoms. The molecule has 0 aromatic carbocycles. The standard InChI is InChI=1S/C10H18O4.C6H16N2O2/c11-9(12)7-5-3-1-2-4-6-8-10(13)14;7-1-3-9-5-6-10-4-2-8/h1-8H2,(H,11,12)(H,13,14);1-8H2. The lowest BCUT2D eigenvalue weighted by atomic mass is 10.1. The number of ether oxygens (including phenoxy) is 2. The average Bonchev–Trinajstić information content (AvgIpc) is 2.53. The summed E-state index contributed by atoms with van der Waals surface area (Å²) in [5.41, 5.74) is 10.4. The van der Waals surface area contributed by atoms with Gasteiger partial charge in [-0.25, -0.2) is 0 Å². The van der Waals surface area contributed by atoms with E-state index in [4.69, 9.17) is 31.2 Å². The van der Waals surface area contributed by atoms with Crippen molar-refractivity contribution in [2.24, 2.45) is 11.5 Å². The lowest BCUT2D eigenvalue weighted by Crippen LogP contribution is -2.14. The molecule has 144 valence electrons. The highest BCUT2D eigenvalue weighted by atomic mass is 16.5. The van der Waals surface area contributed by atoms with Gasteiger partial charge in [0, 0.05) is 25.9 Å². The first-order valence-electron chi connectivity index (χ1n) is 8.53. The van der Waals surface area contributed by atoms with Gasteiger partial charge in [-0.05, 0) is 12.8 Å². The Hall–Kier alpha value is -1.22. The summed E-state index contributed by atoms with van der Waals surface area (Å²) in [7, 11) is 0. The molecule has 0 heterocycles. The Morgan fingerprint density at radius 1 is 0.625 bits per heavy atom. The van der Waals surface area contributed by atoms with Gasteiger partial charge in [0.05, 0.1) is 26.4 Å². The highest BCUT2D eigenvalue weighted by Crippen LogP contribution is 2.08. The highest BCUT2D eigenvalue weighted by Gasteiger charge is 1.98. The van der Waals surface area contributed by atoms with Crippen molar-refractivity contribution in [1.29, 1.82) is 0 Å². The fraction of sp³-hybridized carbons (Fsp3) is 0.875. The number of aliphatic carboxylic acids is 2. The molecular weight excluding hydrogens is 316 g/mol. The van der Waals surface area contributed by atoms with Crippen LogP contribution in [0.1, 0.15) is 51.4 Å². The highest BCUT2D eigenvalue weighted by molar-refractivity contribution is 5.66. The maximum atomic E-state index is 10.1. The van der Waals surface area contributed by atoms with Crippen LogP contribution in [0, 0.1) is 0 Å². The molecule has 6 N–H and O–H groups in total. The van der Waals surface area contributed by atoms with Crippen LogP contribution < -0.4 is 11.5 Å². The Morgan fingerprint density at radius 2 is 0.958 bits per heavy atom. The Bertz CT molecular complexity index is 262. The average molecular weight is 350 g/mol. The third kappa shape index (κ3) is 28.9. The number of rotatable bonds is 16. The molecule has 0 aliphatic carbocycles. The summed E-state index contributed by atoms with van der Waals surface area (Å²) in [4.78, 5) is 20.3. The molecule has 0 unspecified atom stereocenters. The molecule has 0 aliphatic heterocycles. The van der Waals surface area contributed by atoms with Gasteiger partial charge in [-0.1, -0.05) is 25.7 Å². The first kappa shape index (κ1) is 25.0. The first-order valence-corrected chi connectivity index (χ1v) is 8.53. The van der Waals surface area contributed by atoms with Crippen LogP contribution in [-0.2, 0) is 19.1 Å². The molecule has 0 atom stereocenters.